The highest BCUT2D eigenvalue weighted by Gasteiger charge is 2.12. The van der Waals surface area contributed by atoms with Crippen LogP contribution < -0.4 is 14.9 Å². The summed E-state index contributed by atoms with van der Waals surface area (Å²) >= 11 is 3.39. The Hall–Kier alpha value is -3.36. The van der Waals surface area contributed by atoms with E-state index in [1.165, 1.54) is 4.70 Å². The molecule has 1 aliphatic heterocycles. The average Bonchev–Trinajstić information content (AvgIpc) is 3.44. The zero-order valence-electron chi connectivity index (χ0n) is 16.3. The number of hydrogen-bond donors (Lipinski definition) is 1. The van der Waals surface area contributed by atoms with E-state index in [2.05, 4.69) is 21.6 Å². The summed E-state index contributed by atoms with van der Waals surface area (Å²) in [5.74, 6) is 1.92. The van der Waals surface area contributed by atoms with E-state index in [0.29, 0.717) is 17.1 Å². The number of para-hydroxylation sites is 1. The van der Waals surface area contributed by atoms with Gasteiger partial charge in [-0.3, -0.25) is 4.79 Å². The van der Waals surface area contributed by atoms with E-state index in [0.717, 1.165) is 26.7 Å². The standard InChI is InChI=1S/C23H17N3O3S2/c27-22(26-24-12-16-7-10-19-20(11-16)29-14-28-19)17-8-5-15(6-9-17)13-30-23-25-18-3-1-2-4-21(18)31-23/h1-12H,13-14H2,(H,26,27)/b24-12+. The lowest BCUT2D eigenvalue weighted by molar-refractivity contribution is 0.0955. The van der Waals surface area contributed by atoms with Crippen LogP contribution in [0.25, 0.3) is 10.2 Å². The molecule has 0 saturated carbocycles. The Bertz CT molecular complexity index is 1240. The second kappa shape index (κ2) is 8.79. The lowest BCUT2D eigenvalue weighted by Gasteiger charge is -2.03. The van der Waals surface area contributed by atoms with Gasteiger partial charge in [-0.25, -0.2) is 10.4 Å². The molecule has 1 N–H and O–H groups in total. The fourth-order valence-electron chi connectivity index (χ4n) is 3.03. The van der Waals surface area contributed by atoms with E-state index in [4.69, 9.17) is 9.47 Å². The van der Waals surface area contributed by atoms with Gasteiger partial charge in [-0.2, -0.15) is 5.10 Å². The molecule has 0 atom stereocenters. The zero-order chi connectivity index (χ0) is 21.0. The van der Waals surface area contributed by atoms with Crippen LogP contribution in [0.4, 0.5) is 0 Å². The molecule has 0 spiro atoms. The summed E-state index contributed by atoms with van der Waals surface area (Å²) in [6.07, 6.45) is 1.57. The van der Waals surface area contributed by atoms with Crippen LogP contribution in [0, 0.1) is 0 Å². The predicted molar refractivity (Wildman–Crippen MR) is 123 cm³/mol. The number of hydrazone groups is 1. The van der Waals surface area contributed by atoms with Crippen molar-refractivity contribution in [2.75, 3.05) is 6.79 Å². The van der Waals surface area contributed by atoms with Gasteiger partial charge in [0.25, 0.3) is 5.91 Å². The molecule has 2 heterocycles. The molecule has 0 saturated heterocycles. The van der Waals surface area contributed by atoms with E-state index < -0.39 is 0 Å². The van der Waals surface area contributed by atoms with Gasteiger partial charge >= 0.3 is 0 Å². The summed E-state index contributed by atoms with van der Waals surface area (Å²) in [4.78, 5) is 17.0. The van der Waals surface area contributed by atoms with Gasteiger partial charge in [-0.15, -0.1) is 11.3 Å². The summed E-state index contributed by atoms with van der Waals surface area (Å²) in [7, 11) is 0. The molecule has 0 fully saturated rings. The second-order valence-corrected chi connectivity index (χ2v) is 9.00. The molecule has 1 amide bonds. The molecule has 3 aromatic carbocycles. The number of fused-ring (bicyclic) bond motifs is 2. The van der Waals surface area contributed by atoms with Gasteiger partial charge in [0, 0.05) is 11.3 Å². The smallest absolute Gasteiger partial charge is 0.271 e. The highest BCUT2D eigenvalue weighted by atomic mass is 32.2. The second-order valence-electron chi connectivity index (χ2n) is 6.74. The predicted octanol–water partition coefficient (Wildman–Crippen LogP) is 5.08. The number of amides is 1. The first-order valence-corrected chi connectivity index (χ1v) is 11.4. The van der Waals surface area contributed by atoms with Gasteiger partial charge in [0.15, 0.2) is 15.8 Å². The minimum Gasteiger partial charge on any atom is -0.454 e. The molecule has 1 aromatic heterocycles. The third kappa shape index (κ3) is 4.55. The first kappa shape index (κ1) is 19.6. The van der Waals surface area contributed by atoms with Crippen LogP contribution in [0.1, 0.15) is 21.5 Å². The number of aromatic nitrogens is 1. The fraction of sp³-hybridized carbons (Fsp3) is 0.0870. The molecule has 0 bridgehead atoms. The van der Waals surface area contributed by atoms with E-state index in [1.54, 1.807) is 41.4 Å². The van der Waals surface area contributed by atoms with Gasteiger partial charge in [0.05, 0.1) is 16.4 Å². The average molecular weight is 448 g/mol. The Kier molecular flexibility index (Phi) is 5.56. The Morgan fingerprint density at radius 3 is 2.81 bits per heavy atom. The van der Waals surface area contributed by atoms with Crippen molar-refractivity contribution in [2.24, 2.45) is 5.10 Å². The van der Waals surface area contributed by atoms with Crippen LogP contribution in [0.15, 0.2) is 76.2 Å². The Morgan fingerprint density at radius 2 is 1.94 bits per heavy atom. The minimum absolute atomic E-state index is 0.224. The highest BCUT2D eigenvalue weighted by Crippen LogP contribution is 2.32. The molecule has 0 aliphatic carbocycles. The van der Waals surface area contributed by atoms with Crippen LogP contribution in [-0.4, -0.2) is 23.9 Å². The molecule has 0 radical (unpaired) electrons. The van der Waals surface area contributed by atoms with E-state index in [-0.39, 0.29) is 12.7 Å². The van der Waals surface area contributed by atoms with Crippen molar-refractivity contribution in [1.29, 1.82) is 0 Å². The van der Waals surface area contributed by atoms with Crippen molar-refractivity contribution >= 4 is 45.4 Å². The molecule has 5 rings (SSSR count). The van der Waals surface area contributed by atoms with Gasteiger partial charge in [0.2, 0.25) is 6.79 Å². The van der Waals surface area contributed by atoms with Crippen molar-refractivity contribution in [1.82, 2.24) is 10.4 Å². The molecular weight excluding hydrogens is 430 g/mol. The number of benzene rings is 3. The number of rotatable bonds is 6. The number of carbonyl (C=O) groups is 1. The number of thiazole rings is 1. The van der Waals surface area contributed by atoms with Gasteiger partial charge in [-0.1, -0.05) is 36.0 Å². The third-order valence-corrected chi connectivity index (χ3v) is 6.88. The minimum atomic E-state index is -0.262. The highest BCUT2D eigenvalue weighted by molar-refractivity contribution is 8.00. The Labute approximate surface area is 186 Å². The third-order valence-electron chi connectivity index (χ3n) is 4.63. The lowest BCUT2D eigenvalue weighted by atomic mass is 10.1. The molecule has 1 aliphatic rings. The normalized spacial score (nSPS) is 12.5. The zero-order valence-corrected chi connectivity index (χ0v) is 17.9. The number of ether oxygens (including phenoxy) is 2. The van der Waals surface area contributed by atoms with Crippen molar-refractivity contribution in [3.05, 3.63) is 83.4 Å². The summed E-state index contributed by atoms with van der Waals surface area (Å²) in [5, 5.41) is 4.03. The molecule has 6 nitrogen and oxygen atoms in total. The maximum atomic E-state index is 12.3. The molecule has 0 unspecified atom stereocenters. The number of carbonyl (C=O) groups excluding carboxylic acids is 1. The number of nitrogens with zero attached hydrogens (tertiary/aromatic N) is 2. The van der Waals surface area contributed by atoms with Gasteiger partial charge in [0.1, 0.15) is 0 Å². The lowest BCUT2D eigenvalue weighted by Crippen LogP contribution is -2.17. The van der Waals surface area contributed by atoms with Crippen LogP contribution in [0.2, 0.25) is 0 Å². The first-order chi connectivity index (χ1) is 15.2. The monoisotopic (exact) mass is 447 g/mol. The molecule has 31 heavy (non-hydrogen) atoms. The Balaban J connectivity index is 1.16. The van der Waals surface area contributed by atoms with Crippen molar-refractivity contribution in [2.45, 2.75) is 10.1 Å². The van der Waals surface area contributed by atoms with E-state index in [1.807, 2.05) is 48.5 Å². The molecule has 154 valence electrons. The van der Waals surface area contributed by atoms with E-state index in [9.17, 15) is 4.79 Å². The fourth-order valence-corrected chi connectivity index (χ4v) is 5.06. The molecule has 8 heteroatoms. The van der Waals surface area contributed by atoms with Crippen LogP contribution in [-0.2, 0) is 5.75 Å². The summed E-state index contributed by atoms with van der Waals surface area (Å²) in [6, 6.07) is 21.1. The van der Waals surface area contributed by atoms with Crippen LogP contribution in [0.5, 0.6) is 11.5 Å². The maximum absolute atomic E-state index is 12.3. The molecular formula is C23H17N3O3S2. The summed E-state index contributed by atoms with van der Waals surface area (Å²) in [5.41, 5.74) is 6.08. The van der Waals surface area contributed by atoms with Crippen molar-refractivity contribution < 1.29 is 14.3 Å². The number of nitrogens with one attached hydrogen (secondary N) is 1. The van der Waals surface area contributed by atoms with Crippen molar-refractivity contribution in [3.8, 4) is 11.5 Å². The van der Waals surface area contributed by atoms with Crippen molar-refractivity contribution in [3.63, 3.8) is 0 Å². The van der Waals surface area contributed by atoms with Gasteiger partial charge in [-0.05, 0) is 53.6 Å². The molecule has 4 aromatic rings. The SMILES string of the molecule is O=C(N/N=C/c1ccc2c(c1)OCO2)c1ccc(CSc2nc3ccccc3s2)cc1. The number of thioether (sulfide) groups is 1. The topological polar surface area (TPSA) is 72.8 Å². The van der Waals surface area contributed by atoms with Crippen LogP contribution >= 0.6 is 23.1 Å². The Morgan fingerprint density at radius 1 is 1.10 bits per heavy atom. The largest absolute Gasteiger partial charge is 0.454 e. The quantitative estimate of drug-likeness (QED) is 0.253. The maximum Gasteiger partial charge on any atom is 0.271 e. The number of hydrogen-bond acceptors (Lipinski definition) is 7. The summed E-state index contributed by atoms with van der Waals surface area (Å²) in [6.45, 7) is 0.224. The first-order valence-electron chi connectivity index (χ1n) is 9.55. The summed E-state index contributed by atoms with van der Waals surface area (Å²) < 4.78 is 12.8. The van der Waals surface area contributed by atoms with E-state index >= 15 is 0 Å². The van der Waals surface area contributed by atoms with Crippen LogP contribution in [0.3, 0.4) is 0 Å². The van der Waals surface area contributed by atoms with Gasteiger partial charge < -0.3 is 9.47 Å².